The summed E-state index contributed by atoms with van der Waals surface area (Å²) >= 11 is 9.74. The van der Waals surface area contributed by atoms with Crippen LogP contribution in [-0.4, -0.2) is 32.6 Å². The average Bonchev–Trinajstić information content (AvgIpc) is 2.83. The molecule has 3 heteroatoms. The molecule has 0 aliphatic carbocycles. The van der Waals surface area contributed by atoms with Crippen LogP contribution in [0.1, 0.15) is 170 Å². The van der Waals surface area contributed by atoms with Crippen molar-refractivity contribution >= 4 is 46.4 Å². The van der Waals surface area contributed by atoms with E-state index < -0.39 is 0 Å². The van der Waals surface area contributed by atoms with E-state index in [1.54, 1.807) is 21.7 Å². The standard InChI is InChI=1S/2C8H18S.2C8H17.Sn/c2*1-8(2)6-4-3-5-7-9;2*1-3-5-7-8-6-4-2;/h2*8-9H,3-7H2,1-2H3;2*1,3-8H2,2H3;/q;;;;+2/p-2. The van der Waals surface area contributed by atoms with E-state index >= 15 is 0 Å². The molecule has 0 rings (SSSR count). The van der Waals surface area contributed by atoms with Gasteiger partial charge in [0.05, 0.1) is 0 Å². The summed E-state index contributed by atoms with van der Waals surface area (Å²) in [7, 11) is 0. The van der Waals surface area contributed by atoms with Crippen LogP contribution < -0.4 is 0 Å². The van der Waals surface area contributed by atoms with E-state index in [-0.39, 0.29) is 21.1 Å². The van der Waals surface area contributed by atoms with Crippen LogP contribution in [0.4, 0.5) is 0 Å². The van der Waals surface area contributed by atoms with E-state index in [1.165, 1.54) is 116 Å². The molecule has 0 spiro atoms. The molecule has 0 saturated heterocycles. The first kappa shape index (κ1) is 41.0. The second kappa shape index (κ2) is 40.0. The molecule has 0 heterocycles. The minimum atomic E-state index is 0.0736. The van der Waals surface area contributed by atoms with Gasteiger partial charge in [-0.2, -0.15) is 11.5 Å². The maximum absolute atomic E-state index is 4.83. The van der Waals surface area contributed by atoms with Crippen molar-refractivity contribution < 1.29 is 0 Å². The van der Waals surface area contributed by atoms with Crippen molar-refractivity contribution in [2.75, 3.05) is 11.5 Å². The molecule has 0 bridgehead atoms. The van der Waals surface area contributed by atoms with E-state index in [0.717, 1.165) is 23.3 Å². The van der Waals surface area contributed by atoms with Crippen LogP contribution in [-0.2, 0) is 25.3 Å². The first-order chi connectivity index (χ1) is 17.0. The Kier molecular flexibility index (Phi) is 46.8. The molecule has 0 amide bonds. The molecule has 0 unspecified atom stereocenters. The second-order valence-electron chi connectivity index (χ2n) is 11.2. The predicted octanol–water partition coefficient (Wildman–Crippen LogP) is 11.7. The average molecular weight is 636 g/mol. The van der Waals surface area contributed by atoms with Crippen molar-refractivity contribution in [1.82, 2.24) is 0 Å². The number of hydrogen-bond donors (Lipinski definition) is 0. The van der Waals surface area contributed by atoms with Crippen LogP contribution in [0.25, 0.3) is 0 Å². The molecule has 0 aromatic heterocycles. The Hall–Kier alpha value is 1.50. The Balaban J connectivity index is -0.000000481. The molecule has 0 saturated carbocycles. The maximum atomic E-state index is 4.83. The van der Waals surface area contributed by atoms with Crippen LogP contribution in [0.3, 0.4) is 0 Å². The topological polar surface area (TPSA) is 0 Å². The molecule has 0 aliphatic heterocycles. The third-order valence-corrected chi connectivity index (χ3v) is 10.9. The first-order valence-corrected chi connectivity index (χ1v) is 21.0. The second-order valence-corrected chi connectivity index (χ2v) is 16.3. The summed E-state index contributed by atoms with van der Waals surface area (Å²) in [6, 6.07) is 0. The third-order valence-electron chi connectivity index (χ3n) is 6.27. The fourth-order valence-electron chi connectivity index (χ4n) is 3.85. The molecule has 0 nitrogen and oxygen atoms in total. The summed E-state index contributed by atoms with van der Waals surface area (Å²) in [6.07, 6.45) is 28.5. The van der Waals surface area contributed by atoms with Crippen molar-refractivity contribution in [3.8, 4) is 0 Å². The van der Waals surface area contributed by atoms with Gasteiger partial charge in [-0.15, -0.1) is 0 Å². The van der Waals surface area contributed by atoms with Gasteiger partial charge in [-0.1, -0.05) is 79.1 Å². The van der Waals surface area contributed by atoms with Crippen molar-refractivity contribution in [3.63, 3.8) is 0 Å². The van der Waals surface area contributed by atoms with Crippen LogP contribution >= 0.6 is 0 Å². The molecular formula is C32H68S2Sn. The van der Waals surface area contributed by atoms with Gasteiger partial charge in [0.1, 0.15) is 0 Å². The van der Waals surface area contributed by atoms with E-state index in [9.17, 15) is 0 Å². The molecule has 0 fully saturated rings. The predicted molar refractivity (Wildman–Crippen MR) is 173 cm³/mol. The fraction of sp³-hybridized carbons (Fsp3) is 1.00. The summed E-state index contributed by atoms with van der Waals surface area (Å²) in [5.41, 5.74) is 0. The van der Waals surface area contributed by atoms with Crippen molar-refractivity contribution in [2.45, 2.75) is 179 Å². The molecule has 0 aromatic carbocycles. The van der Waals surface area contributed by atoms with Crippen molar-refractivity contribution in [2.24, 2.45) is 11.8 Å². The van der Waals surface area contributed by atoms with Crippen molar-refractivity contribution in [3.05, 3.63) is 0 Å². The summed E-state index contributed by atoms with van der Waals surface area (Å²) < 4.78 is 3.31. The Morgan fingerprint density at radius 2 is 0.743 bits per heavy atom. The van der Waals surface area contributed by atoms with Gasteiger partial charge < -0.3 is 25.3 Å². The van der Waals surface area contributed by atoms with Crippen LogP contribution in [0.15, 0.2) is 0 Å². The van der Waals surface area contributed by atoms with Gasteiger partial charge in [-0.3, -0.25) is 0 Å². The van der Waals surface area contributed by atoms with E-state index in [2.05, 4.69) is 41.5 Å². The number of hydrogen-bond acceptors (Lipinski definition) is 2. The Bertz CT molecular complexity index is 291. The van der Waals surface area contributed by atoms with Gasteiger partial charge in [0.15, 0.2) is 0 Å². The van der Waals surface area contributed by atoms with Gasteiger partial charge in [-0.25, -0.2) is 0 Å². The summed E-state index contributed by atoms with van der Waals surface area (Å²) in [6.45, 7) is 13.7. The monoisotopic (exact) mass is 636 g/mol. The van der Waals surface area contributed by atoms with Gasteiger partial charge >= 0.3 is 121 Å². The zero-order valence-corrected chi connectivity index (χ0v) is 29.9. The Morgan fingerprint density at radius 3 is 1.06 bits per heavy atom. The Labute approximate surface area is 247 Å². The summed E-state index contributed by atoms with van der Waals surface area (Å²) in [5, 5.41) is 0. The summed E-state index contributed by atoms with van der Waals surface area (Å²) in [4.78, 5) is 0. The molecule has 0 aliphatic rings. The van der Waals surface area contributed by atoms with Crippen LogP contribution in [0, 0.1) is 11.8 Å². The quantitative estimate of drug-likeness (QED) is 0.0588. The molecule has 35 heavy (non-hydrogen) atoms. The van der Waals surface area contributed by atoms with Crippen LogP contribution in [0.5, 0.6) is 0 Å². The molecule has 0 atom stereocenters. The van der Waals surface area contributed by atoms with Gasteiger partial charge in [-0.05, 0) is 11.8 Å². The zero-order valence-electron chi connectivity index (χ0n) is 25.4. The van der Waals surface area contributed by atoms with E-state index in [0.29, 0.717) is 0 Å². The van der Waals surface area contributed by atoms with Gasteiger partial charge in [0.2, 0.25) is 0 Å². The molecule has 212 valence electrons. The van der Waals surface area contributed by atoms with E-state index in [1.807, 2.05) is 0 Å². The minimum absolute atomic E-state index is 0.0736. The normalized spacial score (nSPS) is 10.6. The van der Waals surface area contributed by atoms with E-state index in [4.69, 9.17) is 25.3 Å². The third kappa shape index (κ3) is 52.7. The number of unbranched alkanes of at least 4 members (excludes halogenated alkanes) is 14. The van der Waals surface area contributed by atoms with Crippen LogP contribution in [0.2, 0.25) is 8.87 Å². The molecular weight excluding hydrogens is 567 g/mol. The zero-order chi connectivity index (χ0) is 26.8. The van der Waals surface area contributed by atoms with Gasteiger partial charge in [0.25, 0.3) is 0 Å². The van der Waals surface area contributed by atoms with Crippen molar-refractivity contribution in [1.29, 1.82) is 0 Å². The molecule has 0 N–H and O–H groups in total. The first-order valence-electron chi connectivity index (χ1n) is 15.8. The molecule has 0 radical (unpaired) electrons. The SMILES string of the molecule is CC(C)CCCCC[S-].CC(C)CCCCC[S-].CCCCCCC[CH2][Sn+2][CH2]CCCCCCC. The molecule has 0 aromatic rings. The fourth-order valence-corrected chi connectivity index (χ4v) is 7.82. The number of rotatable bonds is 24. The Morgan fingerprint density at radius 1 is 0.429 bits per heavy atom. The summed E-state index contributed by atoms with van der Waals surface area (Å²) in [5.74, 6) is 3.63. The van der Waals surface area contributed by atoms with Gasteiger partial charge in [0, 0.05) is 0 Å².